The molecule has 0 N–H and O–H groups in total. The molecular weight excluding hydrogens is 319 g/mol. The van der Waals surface area contributed by atoms with E-state index in [0.717, 1.165) is 57.5 Å². The van der Waals surface area contributed by atoms with Gasteiger partial charge in [0, 0.05) is 45.1 Å². The molecular formula is C14H23Cl3N2O. The van der Waals surface area contributed by atoms with Crippen LogP contribution in [0.4, 0.5) is 0 Å². The first kappa shape index (κ1) is 19.8. The maximum absolute atomic E-state index is 5.75. The summed E-state index contributed by atoms with van der Waals surface area (Å²) in [5, 5.41) is 0. The second kappa shape index (κ2) is 11.5. The average Bonchev–Trinajstić information content (AvgIpc) is 2.42. The maximum atomic E-state index is 5.75. The molecule has 0 saturated carbocycles. The smallest absolute Gasteiger partial charge is 0.119 e. The molecule has 6 heteroatoms. The van der Waals surface area contributed by atoms with E-state index in [0.29, 0.717) is 0 Å². The molecule has 0 atom stereocenters. The van der Waals surface area contributed by atoms with Gasteiger partial charge in [0.1, 0.15) is 12.4 Å². The molecule has 0 spiro atoms. The molecule has 0 amide bonds. The Balaban J connectivity index is 0.00000180. The molecule has 1 fully saturated rings. The monoisotopic (exact) mass is 340 g/mol. The Hall–Kier alpha value is -0.190. The Bertz CT molecular complexity index is 332. The molecule has 1 heterocycles. The van der Waals surface area contributed by atoms with Gasteiger partial charge in [-0.25, -0.2) is 0 Å². The van der Waals surface area contributed by atoms with Crippen LogP contribution in [-0.4, -0.2) is 61.6 Å². The van der Waals surface area contributed by atoms with Gasteiger partial charge in [-0.1, -0.05) is 18.2 Å². The quantitative estimate of drug-likeness (QED) is 0.740. The third-order valence-corrected chi connectivity index (χ3v) is 3.45. The second-order valence-corrected chi connectivity index (χ2v) is 4.91. The summed E-state index contributed by atoms with van der Waals surface area (Å²) in [6.07, 6.45) is 0. The third kappa shape index (κ3) is 7.00. The predicted octanol–water partition coefficient (Wildman–Crippen LogP) is 2.77. The number of piperazine rings is 1. The highest BCUT2D eigenvalue weighted by molar-refractivity contribution is 6.18. The summed E-state index contributed by atoms with van der Waals surface area (Å²) in [4.78, 5) is 4.87. The van der Waals surface area contributed by atoms with Gasteiger partial charge in [0.15, 0.2) is 0 Å². The number of rotatable bonds is 6. The van der Waals surface area contributed by atoms with Crippen LogP contribution < -0.4 is 4.74 Å². The number of benzene rings is 1. The van der Waals surface area contributed by atoms with Gasteiger partial charge in [0.2, 0.25) is 0 Å². The van der Waals surface area contributed by atoms with Gasteiger partial charge >= 0.3 is 0 Å². The summed E-state index contributed by atoms with van der Waals surface area (Å²) in [5.74, 6) is 1.69. The molecule has 1 saturated heterocycles. The number of alkyl halides is 1. The van der Waals surface area contributed by atoms with Gasteiger partial charge in [0.25, 0.3) is 0 Å². The first-order valence-corrected chi connectivity index (χ1v) is 7.10. The molecule has 1 aliphatic rings. The summed E-state index contributed by atoms with van der Waals surface area (Å²) in [6.45, 7) is 7.26. The molecule has 1 aromatic carbocycles. The lowest BCUT2D eigenvalue weighted by atomic mass is 10.3. The molecule has 3 nitrogen and oxygen atoms in total. The van der Waals surface area contributed by atoms with Gasteiger partial charge in [-0.3, -0.25) is 9.80 Å². The lowest BCUT2D eigenvalue weighted by molar-refractivity contribution is 0.121. The van der Waals surface area contributed by atoms with Gasteiger partial charge < -0.3 is 4.74 Å². The zero-order chi connectivity index (χ0) is 12.6. The summed E-state index contributed by atoms with van der Waals surface area (Å²) in [6, 6.07) is 10.0. The van der Waals surface area contributed by atoms with E-state index in [-0.39, 0.29) is 24.8 Å². The van der Waals surface area contributed by atoms with E-state index in [2.05, 4.69) is 9.80 Å². The van der Waals surface area contributed by atoms with Crippen LogP contribution >= 0.6 is 36.4 Å². The molecule has 116 valence electrons. The van der Waals surface area contributed by atoms with Crippen molar-refractivity contribution in [3.05, 3.63) is 30.3 Å². The van der Waals surface area contributed by atoms with Crippen LogP contribution in [0, 0.1) is 0 Å². The summed E-state index contributed by atoms with van der Waals surface area (Å²) in [7, 11) is 0. The van der Waals surface area contributed by atoms with Gasteiger partial charge in [-0.15, -0.1) is 36.4 Å². The van der Waals surface area contributed by atoms with Crippen molar-refractivity contribution >= 4 is 36.4 Å². The van der Waals surface area contributed by atoms with E-state index in [9.17, 15) is 0 Å². The van der Waals surface area contributed by atoms with Crippen molar-refractivity contribution in [2.45, 2.75) is 0 Å². The molecule has 0 aromatic heterocycles. The Morgan fingerprint density at radius 3 is 2.00 bits per heavy atom. The molecule has 0 bridgehead atoms. The van der Waals surface area contributed by atoms with Gasteiger partial charge in [-0.2, -0.15) is 0 Å². The Kier molecular flexibility index (Phi) is 11.4. The van der Waals surface area contributed by atoms with Crippen LogP contribution in [0.1, 0.15) is 0 Å². The molecule has 0 unspecified atom stereocenters. The lowest BCUT2D eigenvalue weighted by Gasteiger charge is -2.34. The fourth-order valence-corrected chi connectivity index (χ4v) is 2.40. The SMILES string of the molecule is Cl.Cl.ClCCN1CCN(CCOc2ccccc2)CC1. The minimum atomic E-state index is 0. The highest BCUT2D eigenvalue weighted by Crippen LogP contribution is 2.08. The number of hydrogen-bond donors (Lipinski definition) is 0. The molecule has 2 rings (SSSR count). The highest BCUT2D eigenvalue weighted by atomic mass is 35.5. The van der Waals surface area contributed by atoms with Crippen LogP contribution in [0.25, 0.3) is 0 Å². The van der Waals surface area contributed by atoms with Crippen LogP contribution in [0.3, 0.4) is 0 Å². The summed E-state index contributed by atoms with van der Waals surface area (Å²) >= 11 is 5.75. The fraction of sp³-hybridized carbons (Fsp3) is 0.571. The Morgan fingerprint density at radius 2 is 1.45 bits per heavy atom. The lowest BCUT2D eigenvalue weighted by Crippen LogP contribution is -2.47. The fourth-order valence-electron chi connectivity index (χ4n) is 2.17. The largest absolute Gasteiger partial charge is 0.492 e. The van der Waals surface area contributed by atoms with E-state index in [4.69, 9.17) is 16.3 Å². The normalized spacial score (nSPS) is 16.1. The molecule has 0 radical (unpaired) electrons. The van der Waals surface area contributed by atoms with Crippen molar-refractivity contribution in [3.8, 4) is 5.75 Å². The van der Waals surface area contributed by atoms with Crippen molar-refractivity contribution in [2.24, 2.45) is 0 Å². The second-order valence-electron chi connectivity index (χ2n) is 4.53. The van der Waals surface area contributed by atoms with Crippen LogP contribution in [0.15, 0.2) is 30.3 Å². The van der Waals surface area contributed by atoms with E-state index in [1.54, 1.807) is 0 Å². The number of nitrogens with zero attached hydrogens (tertiary/aromatic N) is 2. The molecule has 1 aromatic rings. The number of para-hydroxylation sites is 1. The first-order chi connectivity index (χ1) is 8.88. The summed E-state index contributed by atoms with van der Waals surface area (Å²) in [5.41, 5.74) is 0. The van der Waals surface area contributed by atoms with Crippen LogP contribution in [0.2, 0.25) is 0 Å². The van der Waals surface area contributed by atoms with Gasteiger partial charge in [0.05, 0.1) is 0 Å². The Labute approximate surface area is 139 Å². The minimum absolute atomic E-state index is 0. The van der Waals surface area contributed by atoms with E-state index in [1.807, 2.05) is 30.3 Å². The Morgan fingerprint density at radius 1 is 0.900 bits per heavy atom. The number of ether oxygens (including phenoxy) is 1. The van der Waals surface area contributed by atoms with E-state index in [1.165, 1.54) is 0 Å². The van der Waals surface area contributed by atoms with Crippen molar-refractivity contribution in [2.75, 3.05) is 51.8 Å². The average molecular weight is 342 g/mol. The van der Waals surface area contributed by atoms with Crippen LogP contribution in [0.5, 0.6) is 5.75 Å². The van der Waals surface area contributed by atoms with Crippen molar-refractivity contribution in [1.29, 1.82) is 0 Å². The van der Waals surface area contributed by atoms with Crippen molar-refractivity contribution in [3.63, 3.8) is 0 Å². The molecule has 20 heavy (non-hydrogen) atoms. The first-order valence-electron chi connectivity index (χ1n) is 6.57. The van der Waals surface area contributed by atoms with E-state index < -0.39 is 0 Å². The molecule has 0 aliphatic carbocycles. The third-order valence-electron chi connectivity index (χ3n) is 3.29. The van der Waals surface area contributed by atoms with Crippen LogP contribution in [-0.2, 0) is 0 Å². The zero-order valence-electron chi connectivity index (χ0n) is 11.5. The van der Waals surface area contributed by atoms with Crippen molar-refractivity contribution < 1.29 is 4.74 Å². The predicted molar refractivity (Wildman–Crippen MR) is 90.0 cm³/mol. The number of halogens is 3. The number of hydrogen-bond acceptors (Lipinski definition) is 3. The van der Waals surface area contributed by atoms with E-state index >= 15 is 0 Å². The maximum Gasteiger partial charge on any atom is 0.119 e. The van der Waals surface area contributed by atoms with Gasteiger partial charge in [-0.05, 0) is 12.1 Å². The minimum Gasteiger partial charge on any atom is -0.492 e. The molecule has 1 aliphatic heterocycles. The zero-order valence-corrected chi connectivity index (χ0v) is 13.9. The standard InChI is InChI=1S/C14H21ClN2O.2ClH/c15-6-7-16-8-10-17(11-9-16)12-13-18-14-4-2-1-3-5-14;;/h1-5H,6-13H2;2*1H. The summed E-state index contributed by atoms with van der Waals surface area (Å²) < 4.78 is 5.71. The highest BCUT2D eigenvalue weighted by Gasteiger charge is 2.15. The topological polar surface area (TPSA) is 15.7 Å². The van der Waals surface area contributed by atoms with Crippen molar-refractivity contribution in [1.82, 2.24) is 9.80 Å².